The molecule has 0 unspecified atom stereocenters. The predicted molar refractivity (Wildman–Crippen MR) is 51.6 cm³/mol. The van der Waals surface area contributed by atoms with E-state index in [-0.39, 0.29) is 6.61 Å². The standard InChI is InChI=1S/C11H15O2/c1-9-6-10(2)8-11(7-9)13-5-3-4-12/h6-8H,3-5H2,1-2H3. The van der Waals surface area contributed by atoms with Gasteiger partial charge in [-0.05, 0) is 37.1 Å². The summed E-state index contributed by atoms with van der Waals surface area (Å²) in [6, 6.07) is 6.07. The molecule has 0 bridgehead atoms. The lowest BCUT2D eigenvalue weighted by Crippen LogP contribution is -1.99. The van der Waals surface area contributed by atoms with Gasteiger partial charge in [0.1, 0.15) is 5.75 Å². The number of hydrogen-bond donors (Lipinski definition) is 0. The Bertz CT molecular complexity index is 249. The SMILES string of the molecule is Cc1cc(C)cc(OCCC[O])c1. The van der Waals surface area contributed by atoms with Gasteiger partial charge in [0.15, 0.2) is 0 Å². The Morgan fingerprint density at radius 2 is 1.77 bits per heavy atom. The molecule has 0 heterocycles. The summed E-state index contributed by atoms with van der Waals surface area (Å²) in [4.78, 5) is 0. The van der Waals surface area contributed by atoms with Gasteiger partial charge in [0, 0.05) is 6.42 Å². The fraction of sp³-hybridized carbons (Fsp3) is 0.455. The van der Waals surface area contributed by atoms with Crippen LogP contribution in [0, 0.1) is 13.8 Å². The van der Waals surface area contributed by atoms with Gasteiger partial charge >= 0.3 is 0 Å². The lowest BCUT2D eigenvalue weighted by molar-refractivity contribution is 0.165. The van der Waals surface area contributed by atoms with E-state index < -0.39 is 0 Å². The van der Waals surface area contributed by atoms with Crippen LogP contribution in [-0.4, -0.2) is 13.2 Å². The van der Waals surface area contributed by atoms with Gasteiger partial charge < -0.3 is 4.74 Å². The smallest absolute Gasteiger partial charge is 0.119 e. The highest BCUT2D eigenvalue weighted by molar-refractivity contribution is 5.32. The Hall–Kier alpha value is -1.02. The first-order chi connectivity index (χ1) is 6.22. The van der Waals surface area contributed by atoms with Crippen molar-refractivity contribution in [3.05, 3.63) is 29.3 Å². The van der Waals surface area contributed by atoms with E-state index in [1.807, 2.05) is 26.0 Å². The monoisotopic (exact) mass is 179 g/mol. The van der Waals surface area contributed by atoms with Crippen LogP contribution in [0.2, 0.25) is 0 Å². The van der Waals surface area contributed by atoms with E-state index in [9.17, 15) is 5.11 Å². The van der Waals surface area contributed by atoms with Crippen LogP contribution in [0.3, 0.4) is 0 Å². The van der Waals surface area contributed by atoms with Crippen LogP contribution < -0.4 is 4.74 Å². The Kier molecular flexibility index (Phi) is 3.77. The molecule has 2 nitrogen and oxygen atoms in total. The molecule has 0 amide bonds. The summed E-state index contributed by atoms with van der Waals surface area (Å²) in [6.07, 6.45) is 0.576. The molecule has 0 saturated heterocycles. The first-order valence-corrected chi connectivity index (χ1v) is 4.51. The minimum absolute atomic E-state index is 0.0647. The van der Waals surface area contributed by atoms with Crippen LogP contribution in [0.25, 0.3) is 0 Å². The van der Waals surface area contributed by atoms with Crippen LogP contribution in [0.1, 0.15) is 17.5 Å². The van der Waals surface area contributed by atoms with Crippen LogP contribution in [0.15, 0.2) is 18.2 Å². The van der Waals surface area contributed by atoms with Gasteiger partial charge in [0.2, 0.25) is 0 Å². The molecule has 2 heteroatoms. The number of benzene rings is 1. The van der Waals surface area contributed by atoms with Crippen molar-refractivity contribution >= 4 is 0 Å². The maximum absolute atomic E-state index is 10.2. The van der Waals surface area contributed by atoms with Gasteiger partial charge in [0.05, 0.1) is 13.2 Å². The van der Waals surface area contributed by atoms with Gasteiger partial charge in [-0.3, -0.25) is 0 Å². The van der Waals surface area contributed by atoms with Crippen LogP contribution in [-0.2, 0) is 5.11 Å². The molecule has 0 aliphatic rings. The molecule has 1 aromatic carbocycles. The molecule has 0 saturated carbocycles. The fourth-order valence-corrected chi connectivity index (χ4v) is 1.27. The molecule has 0 atom stereocenters. The van der Waals surface area contributed by atoms with Gasteiger partial charge in [-0.25, -0.2) is 5.11 Å². The van der Waals surface area contributed by atoms with Crippen molar-refractivity contribution in [1.29, 1.82) is 0 Å². The zero-order valence-corrected chi connectivity index (χ0v) is 8.17. The van der Waals surface area contributed by atoms with Crippen molar-refractivity contribution in [3.63, 3.8) is 0 Å². The molecule has 1 rings (SSSR count). The molecule has 0 spiro atoms. The highest BCUT2D eigenvalue weighted by atomic mass is 16.5. The van der Waals surface area contributed by atoms with Crippen molar-refractivity contribution in [2.75, 3.05) is 13.2 Å². The fourth-order valence-electron chi connectivity index (χ4n) is 1.27. The van der Waals surface area contributed by atoms with E-state index in [1.54, 1.807) is 0 Å². The van der Waals surface area contributed by atoms with Crippen LogP contribution in [0.5, 0.6) is 5.75 Å². The molecule has 1 radical (unpaired) electrons. The third kappa shape index (κ3) is 3.47. The van der Waals surface area contributed by atoms with Crippen molar-refractivity contribution < 1.29 is 9.84 Å². The van der Waals surface area contributed by atoms with E-state index in [2.05, 4.69) is 6.07 Å². The summed E-state index contributed by atoms with van der Waals surface area (Å²) in [7, 11) is 0. The summed E-state index contributed by atoms with van der Waals surface area (Å²) < 4.78 is 5.41. The quantitative estimate of drug-likeness (QED) is 0.653. The van der Waals surface area contributed by atoms with Crippen LogP contribution in [0.4, 0.5) is 0 Å². The highest BCUT2D eigenvalue weighted by Crippen LogP contribution is 2.16. The van der Waals surface area contributed by atoms with E-state index in [0.717, 1.165) is 5.75 Å². The van der Waals surface area contributed by atoms with Crippen molar-refractivity contribution in [2.45, 2.75) is 20.3 Å². The Morgan fingerprint density at radius 1 is 1.15 bits per heavy atom. The van der Waals surface area contributed by atoms with Crippen molar-refractivity contribution in [1.82, 2.24) is 0 Å². The maximum atomic E-state index is 10.2. The second-order valence-corrected chi connectivity index (χ2v) is 3.23. The topological polar surface area (TPSA) is 29.1 Å². The Labute approximate surface area is 79.2 Å². The van der Waals surface area contributed by atoms with Gasteiger partial charge in [0.25, 0.3) is 0 Å². The molecule has 0 aliphatic carbocycles. The molecule has 0 N–H and O–H groups in total. The second-order valence-electron chi connectivity index (χ2n) is 3.23. The lowest BCUT2D eigenvalue weighted by atomic mass is 10.1. The largest absolute Gasteiger partial charge is 0.493 e. The van der Waals surface area contributed by atoms with Crippen molar-refractivity contribution in [2.24, 2.45) is 0 Å². The molecule has 13 heavy (non-hydrogen) atoms. The van der Waals surface area contributed by atoms with E-state index in [4.69, 9.17) is 4.74 Å². The van der Waals surface area contributed by atoms with Crippen molar-refractivity contribution in [3.8, 4) is 5.75 Å². The number of hydrogen-bond acceptors (Lipinski definition) is 1. The van der Waals surface area contributed by atoms with E-state index in [0.29, 0.717) is 13.0 Å². The molecular formula is C11H15O2. The van der Waals surface area contributed by atoms with Gasteiger partial charge in [-0.2, -0.15) is 0 Å². The molecular weight excluding hydrogens is 164 g/mol. The summed E-state index contributed by atoms with van der Waals surface area (Å²) >= 11 is 0. The van der Waals surface area contributed by atoms with Gasteiger partial charge in [-0.15, -0.1) is 0 Å². The zero-order chi connectivity index (χ0) is 9.68. The summed E-state index contributed by atoms with van der Waals surface area (Å²) in [6.45, 7) is 4.53. The molecule has 1 aromatic rings. The molecule has 0 fully saturated rings. The third-order valence-electron chi connectivity index (χ3n) is 1.75. The van der Waals surface area contributed by atoms with Crippen LogP contribution >= 0.6 is 0 Å². The predicted octanol–water partition coefficient (Wildman–Crippen LogP) is 2.50. The third-order valence-corrected chi connectivity index (χ3v) is 1.75. The van der Waals surface area contributed by atoms with Gasteiger partial charge in [-0.1, -0.05) is 6.07 Å². The second kappa shape index (κ2) is 4.87. The lowest BCUT2D eigenvalue weighted by Gasteiger charge is -2.06. The normalized spacial score (nSPS) is 10.1. The number of ether oxygens (including phenoxy) is 1. The Balaban J connectivity index is 2.56. The Morgan fingerprint density at radius 3 is 2.31 bits per heavy atom. The average molecular weight is 179 g/mol. The number of rotatable bonds is 4. The summed E-state index contributed by atoms with van der Waals surface area (Å²) in [5.41, 5.74) is 2.38. The minimum atomic E-state index is -0.0647. The molecule has 0 aromatic heterocycles. The highest BCUT2D eigenvalue weighted by Gasteiger charge is 1.96. The minimum Gasteiger partial charge on any atom is -0.493 e. The first-order valence-electron chi connectivity index (χ1n) is 4.51. The molecule has 71 valence electrons. The van der Waals surface area contributed by atoms with E-state index >= 15 is 0 Å². The summed E-state index contributed by atoms with van der Waals surface area (Å²) in [5, 5.41) is 10.2. The first kappa shape index (κ1) is 10.1. The average Bonchev–Trinajstić information content (AvgIpc) is 2.03. The summed E-state index contributed by atoms with van der Waals surface area (Å²) in [5.74, 6) is 0.867. The van der Waals surface area contributed by atoms with E-state index in [1.165, 1.54) is 11.1 Å². The maximum Gasteiger partial charge on any atom is 0.119 e. The molecule has 0 aliphatic heterocycles. The zero-order valence-electron chi connectivity index (χ0n) is 8.17. The number of aryl methyl sites for hydroxylation is 2.